The topological polar surface area (TPSA) is 78.4 Å². The average molecular weight is 242 g/mol. The zero-order chi connectivity index (χ0) is 12.8. The van der Waals surface area contributed by atoms with E-state index in [-0.39, 0.29) is 11.9 Å². The summed E-state index contributed by atoms with van der Waals surface area (Å²) >= 11 is 0. The maximum atomic E-state index is 11.6. The van der Waals surface area contributed by atoms with Crippen molar-refractivity contribution in [2.75, 3.05) is 6.54 Å². The van der Waals surface area contributed by atoms with E-state index in [1.54, 1.807) is 0 Å². The van der Waals surface area contributed by atoms with Crippen LogP contribution in [0.15, 0.2) is 0 Å². The zero-order valence-electron chi connectivity index (χ0n) is 10.5. The van der Waals surface area contributed by atoms with Gasteiger partial charge in [-0.3, -0.25) is 9.59 Å². The van der Waals surface area contributed by atoms with Gasteiger partial charge in [-0.2, -0.15) is 0 Å². The van der Waals surface area contributed by atoms with Crippen molar-refractivity contribution in [2.45, 2.75) is 51.6 Å². The van der Waals surface area contributed by atoms with Crippen molar-refractivity contribution in [1.29, 1.82) is 0 Å². The standard InChI is InChI=1S/C12H22N2O3/c1-8(2)13-7-6-11(15)14-10-5-3-4-9(10)12(16)17/h8-10,13H,3-7H2,1-2H3,(H,14,15)(H,16,17). The molecule has 17 heavy (non-hydrogen) atoms. The van der Waals surface area contributed by atoms with Gasteiger partial charge in [-0.1, -0.05) is 20.3 Å². The van der Waals surface area contributed by atoms with Gasteiger partial charge in [0.25, 0.3) is 0 Å². The molecule has 1 fully saturated rings. The summed E-state index contributed by atoms with van der Waals surface area (Å²) in [6.07, 6.45) is 2.73. The lowest BCUT2D eigenvalue weighted by Crippen LogP contribution is -2.41. The summed E-state index contributed by atoms with van der Waals surface area (Å²) in [4.78, 5) is 22.5. The molecule has 1 amide bonds. The highest BCUT2D eigenvalue weighted by Gasteiger charge is 2.33. The van der Waals surface area contributed by atoms with Crippen molar-refractivity contribution in [1.82, 2.24) is 10.6 Å². The molecule has 1 aliphatic carbocycles. The second-order valence-electron chi connectivity index (χ2n) is 4.91. The van der Waals surface area contributed by atoms with Crippen LogP contribution in [0.5, 0.6) is 0 Å². The van der Waals surface area contributed by atoms with E-state index < -0.39 is 11.9 Å². The van der Waals surface area contributed by atoms with Crippen molar-refractivity contribution in [3.8, 4) is 0 Å². The summed E-state index contributed by atoms with van der Waals surface area (Å²) in [6.45, 7) is 4.68. The molecule has 0 aromatic carbocycles. The van der Waals surface area contributed by atoms with Gasteiger partial charge in [0.2, 0.25) is 5.91 Å². The van der Waals surface area contributed by atoms with Crippen LogP contribution < -0.4 is 10.6 Å². The average Bonchev–Trinajstić information content (AvgIpc) is 2.65. The van der Waals surface area contributed by atoms with Gasteiger partial charge in [0, 0.05) is 25.0 Å². The van der Waals surface area contributed by atoms with E-state index in [1.807, 2.05) is 13.8 Å². The third-order valence-electron chi connectivity index (χ3n) is 3.08. The molecule has 0 aliphatic heterocycles. The Bertz CT molecular complexity index is 279. The lowest BCUT2D eigenvalue weighted by atomic mass is 10.0. The van der Waals surface area contributed by atoms with E-state index in [0.717, 1.165) is 12.8 Å². The third kappa shape index (κ3) is 4.73. The number of hydrogen-bond acceptors (Lipinski definition) is 3. The minimum Gasteiger partial charge on any atom is -0.481 e. The number of rotatable bonds is 6. The van der Waals surface area contributed by atoms with Gasteiger partial charge in [0.05, 0.1) is 5.92 Å². The van der Waals surface area contributed by atoms with Gasteiger partial charge < -0.3 is 15.7 Å². The molecule has 1 saturated carbocycles. The van der Waals surface area contributed by atoms with Crippen molar-refractivity contribution in [2.24, 2.45) is 5.92 Å². The Hall–Kier alpha value is -1.10. The van der Waals surface area contributed by atoms with E-state index in [1.165, 1.54) is 0 Å². The molecule has 2 atom stereocenters. The fourth-order valence-electron chi connectivity index (χ4n) is 2.18. The molecule has 5 nitrogen and oxygen atoms in total. The van der Waals surface area contributed by atoms with Crippen LogP contribution in [0.25, 0.3) is 0 Å². The third-order valence-corrected chi connectivity index (χ3v) is 3.08. The van der Waals surface area contributed by atoms with Crippen LogP contribution in [0.4, 0.5) is 0 Å². The molecular formula is C12H22N2O3. The minimum atomic E-state index is -0.798. The molecule has 1 aliphatic rings. The maximum absolute atomic E-state index is 11.6. The first kappa shape index (κ1) is 14.0. The van der Waals surface area contributed by atoms with Gasteiger partial charge in [-0.15, -0.1) is 0 Å². The number of hydrogen-bond donors (Lipinski definition) is 3. The van der Waals surface area contributed by atoms with E-state index in [0.29, 0.717) is 25.4 Å². The Kier molecular flexibility index (Phi) is 5.41. The monoisotopic (exact) mass is 242 g/mol. The fraction of sp³-hybridized carbons (Fsp3) is 0.833. The van der Waals surface area contributed by atoms with Crippen LogP contribution in [0, 0.1) is 5.92 Å². The van der Waals surface area contributed by atoms with Gasteiger partial charge in [-0.05, 0) is 12.8 Å². The molecule has 3 N–H and O–H groups in total. The van der Waals surface area contributed by atoms with Crippen LogP contribution >= 0.6 is 0 Å². The van der Waals surface area contributed by atoms with E-state index >= 15 is 0 Å². The summed E-state index contributed by atoms with van der Waals surface area (Å²) < 4.78 is 0. The first-order valence-electron chi connectivity index (χ1n) is 6.26. The summed E-state index contributed by atoms with van der Waals surface area (Å²) in [6, 6.07) is 0.181. The number of carbonyl (C=O) groups is 2. The Morgan fingerprint density at radius 1 is 1.35 bits per heavy atom. The highest BCUT2D eigenvalue weighted by atomic mass is 16.4. The quantitative estimate of drug-likeness (QED) is 0.642. The fourth-order valence-corrected chi connectivity index (χ4v) is 2.18. The second kappa shape index (κ2) is 6.59. The van der Waals surface area contributed by atoms with Crippen LogP contribution in [-0.2, 0) is 9.59 Å². The van der Waals surface area contributed by atoms with E-state index in [2.05, 4.69) is 10.6 Å². The predicted molar refractivity (Wildman–Crippen MR) is 64.7 cm³/mol. The largest absolute Gasteiger partial charge is 0.481 e. The van der Waals surface area contributed by atoms with Crippen LogP contribution in [-0.4, -0.2) is 35.6 Å². The summed E-state index contributed by atoms with van der Waals surface area (Å²) in [5, 5.41) is 15.0. The molecule has 98 valence electrons. The molecule has 0 bridgehead atoms. The molecule has 0 radical (unpaired) electrons. The number of carbonyl (C=O) groups excluding carboxylic acids is 1. The lowest BCUT2D eigenvalue weighted by molar-refractivity contribution is -0.142. The van der Waals surface area contributed by atoms with Gasteiger partial charge in [0.15, 0.2) is 0 Å². The number of carboxylic acid groups (broad SMARTS) is 1. The van der Waals surface area contributed by atoms with Gasteiger partial charge in [-0.25, -0.2) is 0 Å². The SMILES string of the molecule is CC(C)NCCC(=O)NC1CCCC1C(=O)O. The van der Waals surface area contributed by atoms with Gasteiger partial charge >= 0.3 is 5.97 Å². The molecule has 2 unspecified atom stereocenters. The first-order valence-corrected chi connectivity index (χ1v) is 6.26. The number of amides is 1. The summed E-state index contributed by atoms with van der Waals surface area (Å²) in [7, 11) is 0. The van der Waals surface area contributed by atoms with Crippen LogP contribution in [0.2, 0.25) is 0 Å². The number of aliphatic carboxylic acids is 1. The van der Waals surface area contributed by atoms with Gasteiger partial charge in [0.1, 0.15) is 0 Å². The highest BCUT2D eigenvalue weighted by molar-refractivity contribution is 5.78. The molecule has 0 aromatic rings. The van der Waals surface area contributed by atoms with Crippen molar-refractivity contribution < 1.29 is 14.7 Å². The molecule has 1 rings (SSSR count). The normalized spacial score (nSPS) is 23.9. The molecule has 0 saturated heterocycles. The summed E-state index contributed by atoms with van der Waals surface area (Å²) in [5.74, 6) is -1.26. The second-order valence-corrected chi connectivity index (χ2v) is 4.91. The molecule has 0 heterocycles. The summed E-state index contributed by atoms with van der Waals surface area (Å²) in [5.41, 5.74) is 0. The smallest absolute Gasteiger partial charge is 0.308 e. The first-order chi connectivity index (χ1) is 8.00. The molecule has 0 aromatic heterocycles. The Morgan fingerprint density at radius 2 is 2.06 bits per heavy atom. The van der Waals surface area contributed by atoms with Crippen LogP contribution in [0.1, 0.15) is 39.5 Å². The van der Waals surface area contributed by atoms with E-state index in [9.17, 15) is 9.59 Å². The molecule has 5 heteroatoms. The van der Waals surface area contributed by atoms with Crippen molar-refractivity contribution >= 4 is 11.9 Å². The Morgan fingerprint density at radius 3 is 2.65 bits per heavy atom. The highest BCUT2D eigenvalue weighted by Crippen LogP contribution is 2.25. The van der Waals surface area contributed by atoms with Crippen molar-refractivity contribution in [3.05, 3.63) is 0 Å². The Balaban J connectivity index is 2.28. The number of nitrogens with one attached hydrogen (secondary N) is 2. The Labute approximate surface area is 102 Å². The lowest BCUT2D eigenvalue weighted by Gasteiger charge is -2.17. The predicted octanol–water partition coefficient (Wildman–Crippen LogP) is 0.744. The minimum absolute atomic E-state index is 0.0590. The molecule has 0 spiro atoms. The number of carboxylic acids is 1. The van der Waals surface area contributed by atoms with Crippen LogP contribution in [0.3, 0.4) is 0 Å². The van der Waals surface area contributed by atoms with Crippen molar-refractivity contribution in [3.63, 3.8) is 0 Å². The maximum Gasteiger partial charge on any atom is 0.308 e. The van der Waals surface area contributed by atoms with E-state index in [4.69, 9.17) is 5.11 Å². The molecular weight excluding hydrogens is 220 g/mol. The zero-order valence-corrected chi connectivity index (χ0v) is 10.5.